The second kappa shape index (κ2) is 10.1. The maximum atomic E-state index is 13.2. The van der Waals surface area contributed by atoms with Crippen molar-refractivity contribution in [3.8, 4) is 11.5 Å². The van der Waals surface area contributed by atoms with Crippen molar-refractivity contribution in [3.05, 3.63) is 82.3 Å². The summed E-state index contributed by atoms with van der Waals surface area (Å²) in [6, 6.07) is 11.4. The quantitative estimate of drug-likeness (QED) is 0.472. The molecule has 0 saturated carbocycles. The Labute approximate surface area is 196 Å². The van der Waals surface area contributed by atoms with Crippen LogP contribution in [0.3, 0.4) is 0 Å². The number of nitrogens with zero attached hydrogens (tertiary/aromatic N) is 2. The molecule has 6 nitrogen and oxygen atoms in total. The van der Waals surface area contributed by atoms with Crippen LogP contribution in [0.2, 0.25) is 0 Å². The number of rotatable bonds is 8. The van der Waals surface area contributed by atoms with E-state index in [0.717, 1.165) is 16.3 Å². The molecule has 33 heavy (non-hydrogen) atoms. The molecule has 0 bridgehead atoms. The van der Waals surface area contributed by atoms with E-state index in [-0.39, 0.29) is 25.0 Å². The van der Waals surface area contributed by atoms with E-state index in [2.05, 4.69) is 4.99 Å². The third-order valence-electron chi connectivity index (χ3n) is 5.21. The molecular weight excluding hydrogens is 443 g/mol. The minimum absolute atomic E-state index is 0.276. The Morgan fingerprint density at radius 1 is 1.09 bits per heavy atom. The monoisotopic (exact) mass is 468 g/mol. The molecular formula is C25H25FN2O4S. The molecule has 0 radical (unpaired) electrons. The zero-order valence-electron chi connectivity index (χ0n) is 18.7. The lowest BCUT2D eigenvalue weighted by Gasteiger charge is -2.33. The summed E-state index contributed by atoms with van der Waals surface area (Å²) in [5, 5.41) is 2.75. The van der Waals surface area contributed by atoms with Crippen molar-refractivity contribution < 1.29 is 23.4 Å². The van der Waals surface area contributed by atoms with Crippen molar-refractivity contribution in [1.82, 2.24) is 4.90 Å². The summed E-state index contributed by atoms with van der Waals surface area (Å²) in [6.45, 7) is 6.52. The van der Waals surface area contributed by atoms with Gasteiger partial charge < -0.3 is 19.1 Å². The average molecular weight is 469 g/mol. The fourth-order valence-corrected chi connectivity index (χ4v) is 4.51. The first kappa shape index (κ1) is 22.9. The number of aliphatic imine (C=N–C) groups is 1. The molecule has 0 unspecified atom stereocenters. The number of esters is 1. The molecule has 2 aromatic rings. The lowest BCUT2D eigenvalue weighted by atomic mass is 9.94. The first-order valence-corrected chi connectivity index (χ1v) is 11.6. The smallest absolute Gasteiger partial charge is 0.338 e. The summed E-state index contributed by atoms with van der Waals surface area (Å²) < 4.78 is 30.4. The number of thioether (sulfide) groups is 1. The summed E-state index contributed by atoms with van der Waals surface area (Å²) in [6.07, 6.45) is 1.92. The largest absolute Gasteiger partial charge is 0.490 e. The van der Waals surface area contributed by atoms with Crippen molar-refractivity contribution in [2.75, 3.05) is 13.2 Å². The highest BCUT2D eigenvalue weighted by molar-refractivity contribution is 8.16. The minimum Gasteiger partial charge on any atom is -0.490 e. The van der Waals surface area contributed by atoms with Crippen molar-refractivity contribution in [2.24, 2.45) is 4.99 Å². The molecule has 2 heterocycles. The fraction of sp³-hybridized carbons (Fsp3) is 0.280. The van der Waals surface area contributed by atoms with E-state index in [9.17, 15) is 9.18 Å². The number of carbonyl (C=O) groups is 1. The van der Waals surface area contributed by atoms with Gasteiger partial charge in [0.25, 0.3) is 0 Å². The Balaban J connectivity index is 1.67. The minimum atomic E-state index is -0.395. The number of fused-ring (bicyclic) bond motifs is 1. The SMILES string of the molecule is CCOC(=O)C1=C(C)N=C2SC=CN2[C@H]1c1ccc(OCc2ccc(F)cc2)c(OCC)c1. The topological polar surface area (TPSA) is 60.4 Å². The Kier molecular flexibility index (Phi) is 7.03. The summed E-state index contributed by atoms with van der Waals surface area (Å²) in [7, 11) is 0. The molecule has 0 amide bonds. The summed E-state index contributed by atoms with van der Waals surface area (Å²) in [5.41, 5.74) is 2.83. The number of ether oxygens (including phenoxy) is 3. The normalized spacial score (nSPS) is 17.0. The van der Waals surface area contributed by atoms with E-state index in [1.807, 2.05) is 48.6 Å². The van der Waals surface area contributed by atoms with Crippen LogP contribution in [0.25, 0.3) is 0 Å². The standard InChI is InChI=1S/C25H25FN2O4S/c1-4-30-21-14-18(8-11-20(21)32-15-17-6-9-19(26)10-7-17)23-22(24(29)31-5-2)16(3)27-25-28(23)12-13-33-25/h6-14,23H,4-5,15H2,1-3H3/t23-/m0/s1. The van der Waals surface area contributed by atoms with Gasteiger partial charge in [0.2, 0.25) is 0 Å². The number of amidine groups is 1. The number of hydrogen-bond donors (Lipinski definition) is 0. The Morgan fingerprint density at radius 2 is 1.88 bits per heavy atom. The van der Waals surface area contributed by atoms with Gasteiger partial charge in [-0.25, -0.2) is 14.2 Å². The molecule has 172 valence electrons. The molecule has 2 aromatic carbocycles. The molecule has 2 aliphatic rings. The van der Waals surface area contributed by atoms with E-state index in [0.29, 0.717) is 29.4 Å². The highest BCUT2D eigenvalue weighted by atomic mass is 32.2. The number of allylic oxidation sites excluding steroid dienone is 1. The Bertz CT molecular complexity index is 1130. The average Bonchev–Trinajstić information content (AvgIpc) is 3.26. The van der Waals surface area contributed by atoms with Crippen LogP contribution in [0.1, 0.15) is 37.9 Å². The Hall–Kier alpha value is -3.26. The van der Waals surface area contributed by atoms with Crippen molar-refractivity contribution in [2.45, 2.75) is 33.4 Å². The van der Waals surface area contributed by atoms with Gasteiger partial charge in [-0.3, -0.25) is 0 Å². The molecule has 0 saturated heterocycles. The van der Waals surface area contributed by atoms with Crippen molar-refractivity contribution >= 4 is 22.9 Å². The predicted molar refractivity (Wildman–Crippen MR) is 126 cm³/mol. The van der Waals surface area contributed by atoms with Crippen LogP contribution in [0.5, 0.6) is 11.5 Å². The zero-order chi connectivity index (χ0) is 23.4. The second-order valence-electron chi connectivity index (χ2n) is 7.38. The predicted octanol–water partition coefficient (Wildman–Crippen LogP) is 5.57. The molecule has 8 heteroatoms. The molecule has 4 rings (SSSR count). The summed E-state index contributed by atoms with van der Waals surface area (Å²) >= 11 is 1.51. The van der Waals surface area contributed by atoms with Gasteiger partial charge in [0.1, 0.15) is 12.4 Å². The highest BCUT2D eigenvalue weighted by Crippen LogP contribution is 2.43. The van der Waals surface area contributed by atoms with Crippen LogP contribution in [0, 0.1) is 5.82 Å². The van der Waals surface area contributed by atoms with E-state index < -0.39 is 6.04 Å². The Morgan fingerprint density at radius 3 is 2.61 bits per heavy atom. The van der Waals surface area contributed by atoms with Gasteiger partial charge in [0.05, 0.1) is 30.5 Å². The number of carbonyl (C=O) groups excluding carboxylic acids is 1. The highest BCUT2D eigenvalue weighted by Gasteiger charge is 2.37. The molecule has 0 N–H and O–H groups in total. The van der Waals surface area contributed by atoms with Gasteiger partial charge in [-0.05, 0) is 61.6 Å². The number of halogens is 1. The molecule has 1 atom stereocenters. The third kappa shape index (κ3) is 4.90. The lowest BCUT2D eigenvalue weighted by molar-refractivity contribution is -0.139. The van der Waals surface area contributed by atoms with Crippen LogP contribution in [-0.4, -0.2) is 29.3 Å². The fourth-order valence-electron chi connectivity index (χ4n) is 3.72. The van der Waals surface area contributed by atoms with Crippen molar-refractivity contribution in [3.63, 3.8) is 0 Å². The van der Waals surface area contributed by atoms with Gasteiger partial charge in [0, 0.05) is 6.20 Å². The third-order valence-corrected chi connectivity index (χ3v) is 5.98. The van der Waals surface area contributed by atoms with Gasteiger partial charge in [-0.2, -0.15) is 0 Å². The molecule has 0 aliphatic carbocycles. The lowest BCUT2D eigenvalue weighted by Crippen LogP contribution is -2.34. The maximum Gasteiger partial charge on any atom is 0.338 e. The first-order chi connectivity index (χ1) is 16.0. The van der Waals surface area contributed by atoms with E-state index in [1.54, 1.807) is 19.1 Å². The zero-order valence-corrected chi connectivity index (χ0v) is 19.5. The van der Waals surface area contributed by atoms with Crippen LogP contribution in [-0.2, 0) is 16.1 Å². The van der Waals surface area contributed by atoms with E-state index in [4.69, 9.17) is 14.2 Å². The van der Waals surface area contributed by atoms with Gasteiger partial charge in [-0.15, -0.1) is 0 Å². The maximum absolute atomic E-state index is 13.2. The molecule has 2 aliphatic heterocycles. The van der Waals surface area contributed by atoms with E-state index in [1.165, 1.54) is 23.9 Å². The molecule has 0 spiro atoms. The van der Waals surface area contributed by atoms with Gasteiger partial charge in [0.15, 0.2) is 16.7 Å². The number of benzene rings is 2. The number of hydrogen-bond acceptors (Lipinski definition) is 7. The van der Waals surface area contributed by atoms with Crippen molar-refractivity contribution in [1.29, 1.82) is 0 Å². The van der Waals surface area contributed by atoms with E-state index >= 15 is 0 Å². The van der Waals surface area contributed by atoms with Crippen LogP contribution < -0.4 is 9.47 Å². The van der Waals surface area contributed by atoms with Crippen LogP contribution in [0.4, 0.5) is 4.39 Å². The van der Waals surface area contributed by atoms with Crippen LogP contribution >= 0.6 is 11.8 Å². The summed E-state index contributed by atoms with van der Waals surface area (Å²) in [5.74, 6) is 0.461. The van der Waals surface area contributed by atoms with Gasteiger partial charge >= 0.3 is 5.97 Å². The summed E-state index contributed by atoms with van der Waals surface area (Å²) in [4.78, 5) is 19.4. The van der Waals surface area contributed by atoms with Gasteiger partial charge in [-0.1, -0.05) is 30.0 Å². The first-order valence-electron chi connectivity index (χ1n) is 10.7. The van der Waals surface area contributed by atoms with Crippen LogP contribution in [0.15, 0.2) is 70.3 Å². The molecule has 0 fully saturated rings. The molecule has 0 aromatic heterocycles. The second-order valence-corrected chi connectivity index (χ2v) is 8.25.